The van der Waals surface area contributed by atoms with Crippen molar-refractivity contribution in [2.75, 3.05) is 18.5 Å². The third kappa shape index (κ3) is 4.33. The van der Waals surface area contributed by atoms with Gasteiger partial charge in [0.1, 0.15) is 17.9 Å². The van der Waals surface area contributed by atoms with Crippen molar-refractivity contribution in [1.82, 2.24) is 9.97 Å². The predicted molar refractivity (Wildman–Crippen MR) is 94.1 cm³/mol. The van der Waals surface area contributed by atoms with E-state index in [2.05, 4.69) is 15.3 Å². The van der Waals surface area contributed by atoms with Crippen LogP contribution in [0.1, 0.15) is 11.3 Å². The smallest absolute Gasteiger partial charge is 0.295 e. The lowest BCUT2D eigenvalue weighted by atomic mass is 10.2. The first-order valence-corrected chi connectivity index (χ1v) is 7.85. The van der Waals surface area contributed by atoms with E-state index < -0.39 is 0 Å². The highest BCUT2D eigenvalue weighted by Crippen LogP contribution is 2.24. The summed E-state index contributed by atoms with van der Waals surface area (Å²) in [6, 6.07) is 9.62. The number of benzene rings is 1. The number of oxazole rings is 1. The normalized spacial score (nSPS) is 11.7. The van der Waals surface area contributed by atoms with Crippen LogP contribution in [0.2, 0.25) is 0 Å². The molecule has 0 saturated heterocycles. The fraction of sp³-hybridized carbons (Fsp3) is 0.222. The third-order valence-electron chi connectivity index (χ3n) is 3.62. The van der Waals surface area contributed by atoms with E-state index >= 15 is 0 Å². The van der Waals surface area contributed by atoms with E-state index in [1.54, 1.807) is 18.2 Å². The van der Waals surface area contributed by atoms with Gasteiger partial charge in [-0.2, -0.15) is 4.98 Å². The quantitative estimate of drug-likeness (QED) is 0.685. The number of fused-ring (bicyclic) bond motifs is 1. The molecule has 3 N–H and O–H groups in total. The molecule has 0 amide bonds. The zero-order valence-corrected chi connectivity index (χ0v) is 13.8. The number of hydrogen-bond donors (Lipinski definition) is 2. The number of hydrogen-bond acceptors (Lipinski definition) is 6. The minimum atomic E-state index is 0.0954. The van der Waals surface area contributed by atoms with Gasteiger partial charge < -0.3 is 20.2 Å². The molecule has 25 heavy (non-hydrogen) atoms. The Labute approximate surface area is 144 Å². The average molecular weight is 342 g/mol. The van der Waals surface area contributed by atoms with Crippen LogP contribution in [0.5, 0.6) is 5.75 Å². The molecule has 0 aliphatic carbocycles. The third-order valence-corrected chi connectivity index (χ3v) is 3.62. The van der Waals surface area contributed by atoms with Gasteiger partial charge >= 0.3 is 0 Å². The SMILES string of the molecule is Cc1ccc(CNc2nc3ccc(OC/C(=C\F)CN)cc3o2)cn1. The van der Waals surface area contributed by atoms with Crippen molar-refractivity contribution in [3.8, 4) is 5.75 Å². The van der Waals surface area contributed by atoms with Crippen molar-refractivity contribution < 1.29 is 13.5 Å². The first-order chi connectivity index (χ1) is 12.2. The Bertz CT molecular complexity index is 874. The van der Waals surface area contributed by atoms with Gasteiger partial charge in [0.2, 0.25) is 0 Å². The number of nitrogens with one attached hydrogen (secondary N) is 1. The Kier molecular flexibility index (Phi) is 5.25. The first-order valence-electron chi connectivity index (χ1n) is 7.85. The van der Waals surface area contributed by atoms with Crippen LogP contribution in [0.3, 0.4) is 0 Å². The van der Waals surface area contributed by atoms with E-state index in [0.29, 0.717) is 41.3 Å². The molecule has 2 aromatic heterocycles. The van der Waals surface area contributed by atoms with Crippen LogP contribution in [0.4, 0.5) is 10.4 Å². The minimum absolute atomic E-state index is 0.0954. The highest BCUT2D eigenvalue weighted by Gasteiger charge is 2.08. The minimum Gasteiger partial charge on any atom is -0.489 e. The molecule has 0 unspecified atom stereocenters. The van der Waals surface area contributed by atoms with E-state index in [0.717, 1.165) is 11.3 Å². The molecule has 0 bridgehead atoms. The maximum Gasteiger partial charge on any atom is 0.295 e. The summed E-state index contributed by atoms with van der Waals surface area (Å²) < 4.78 is 23.7. The van der Waals surface area contributed by atoms with Crippen LogP contribution in [0, 0.1) is 6.92 Å². The number of aryl methyl sites for hydroxylation is 1. The second-order valence-electron chi connectivity index (χ2n) is 5.57. The van der Waals surface area contributed by atoms with Crippen molar-refractivity contribution in [2.45, 2.75) is 13.5 Å². The molecule has 130 valence electrons. The second-order valence-corrected chi connectivity index (χ2v) is 5.57. The topological polar surface area (TPSA) is 86.2 Å². The molecule has 0 aliphatic heterocycles. The Hall–Kier alpha value is -2.93. The average Bonchev–Trinajstić information content (AvgIpc) is 3.04. The fourth-order valence-corrected chi connectivity index (χ4v) is 2.16. The van der Waals surface area contributed by atoms with E-state index in [9.17, 15) is 4.39 Å². The van der Waals surface area contributed by atoms with Crippen molar-refractivity contribution in [3.63, 3.8) is 0 Å². The summed E-state index contributed by atoms with van der Waals surface area (Å²) in [7, 11) is 0. The number of aromatic nitrogens is 2. The zero-order chi connectivity index (χ0) is 17.6. The van der Waals surface area contributed by atoms with Gasteiger partial charge in [-0.3, -0.25) is 4.98 Å². The summed E-state index contributed by atoms with van der Waals surface area (Å²) in [6.07, 6.45) is 2.28. The van der Waals surface area contributed by atoms with Crippen molar-refractivity contribution in [3.05, 3.63) is 59.7 Å². The Morgan fingerprint density at radius 1 is 1.36 bits per heavy atom. The van der Waals surface area contributed by atoms with Gasteiger partial charge in [0.15, 0.2) is 5.58 Å². The van der Waals surface area contributed by atoms with Gasteiger partial charge in [-0.1, -0.05) is 6.07 Å². The van der Waals surface area contributed by atoms with Gasteiger partial charge in [0.25, 0.3) is 6.01 Å². The molecular formula is C18H19FN4O2. The van der Waals surface area contributed by atoms with Crippen LogP contribution in [-0.4, -0.2) is 23.1 Å². The van der Waals surface area contributed by atoms with Crippen LogP contribution in [0.15, 0.2) is 52.8 Å². The molecule has 0 fully saturated rings. The van der Waals surface area contributed by atoms with Crippen LogP contribution < -0.4 is 15.8 Å². The maximum absolute atomic E-state index is 12.5. The van der Waals surface area contributed by atoms with Crippen LogP contribution in [0.25, 0.3) is 11.1 Å². The Morgan fingerprint density at radius 2 is 2.24 bits per heavy atom. The number of nitrogens with zero attached hydrogens (tertiary/aromatic N) is 2. The van der Waals surface area contributed by atoms with E-state index in [1.165, 1.54) is 0 Å². The summed E-state index contributed by atoms with van der Waals surface area (Å²) in [5, 5.41) is 3.12. The number of rotatable bonds is 7. The summed E-state index contributed by atoms with van der Waals surface area (Å²) in [5.41, 5.74) is 9.07. The molecular weight excluding hydrogens is 323 g/mol. The van der Waals surface area contributed by atoms with Gasteiger partial charge in [-0.05, 0) is 30.7 Å². The number of anilines is 1. The van der Waals surface area contributed by atoms with Crippen LogP contribution in [-0.2, 0) is 6.54 Å². The molecule has 0 aliphatic rings. The molecule has 0 spiro atoms. The molecule has 0 atom stereocenters. The molecule has 6 nitrogen and oxygen atoms in total. The van der Waals surface area contributed by atoms with Crippen molar-refractivity contribution >= 4 is 17.1 Å². The molecule has 7 heteroatoms. The zero-order valence-electron chi connectivity index (χ0n) is 13.8. The molecule has 3 aromatic rings. The predicted octanol–water partition coefficient (Wildman–Crippen LogP) is 3.33. The summed E-state index contributed by atoms with van der Waals surface area (Å²) in [5.74, 6) is 0.561. The standard InChI is InChI=1S/C18H19FN4O2/c1-12-2-3-13(9-21-12)10-22-18-23-16-5-4-15(6-17(16)25-18)24-11-14(7-19)8-20/h2-7,9H,8,10-11,20H2,1H3,(H,22,23)/b14-7-. The van der Waals surface area contributed by atoms with E-state index in [-0.39, 0.29) is 13.2 Å². The fourth-order valence-electron chi connectivity index (χ4n) is 2.16. The van der Waals surface area contributed by atoms with Gasteiger partial charge in [0, 0.05) is 36.6 Å². The van der Waals surface area contributed by atoms with Gasteiger partial charge in [0.05, 0.1) is 6.33 Å². The number of nitrogens with two attached hydrogens (primary N) is 1. The monoisotopic (exact) mass is 342 g/mol. The molecule has 1 aromatic carbocycles. The molecule has 0 radical (unpaired) electrons. The number of halogens is 1. The summed E-state index contributed by atoms with van der Waals surface area (Å²) >= 11 is 0. The second kappa shape index (κ2) is 7.76. The Balaban J connectivity index is 1.66. The summed E-state index contributed by atoms with van der Waals surface area (Å²) in [6.45, 7) is 2.71. The molecule has 0 saturated carbocycles. The Morgan fingerprint density at radius 3 is 2.96 bits per heavy atom. The highest BCUT2D eigenvalue weighted by atomic mass is 19.1. The van der Waals surface area contributed by atoms with E-state index in [4.69, 9.17) is 14.9 Å². The highest BCUT2D eigenvalue weighted by molar-refractivity contribution is 5.76. The largest absolute Gasteiger partial charge is 0.489 e. The van der Waals surface area contributed by atoms with Gasteiger partial charge in [-0.25, -0.2) is 4.39 Å². The lowest BCUT2D eigenvalue weighted by molar-refractivity contribution is 0.347. The molecule has 2 heterocycles. The van der Waals surface area contributed by atoms with Crippen molar-refractivity contribution in [2.24, 2.45) is 5.73 Å². The van der Waals surface area contributed by atoms with Crippen LogP contribution >= 0.6 is 0 Å². The first kappa shape index (κ1) is 16.9. The maximum atomic E-state index is 12.5. The lowest BCUT2D eigenvalue weighted by Crippen LogP contribution is -2.10. The van der Waals surface area contributed by atoms with E-state index in [1.807, 2.05) is 25.3 Å². The van der Waals surface area contributed by atoms with Crippen molar-refractivity contribution in [1.29, 1.82) is 0 Å². The van der Waals surface area contributed by atoms with Gasteiger partial charge in [-0.15, -0.1) is 0 Å². The number of ether oxygens (including phenoxy) is 1. The summed E-state index contributed by atoms with van der Waals surface area (Å²) in [4.78, 5) is 8.62. The molecule has 3 rings (SSSR count). The lowest BCUT2D eigenvalue weighted by Gasteiger charge is -2.06. The number of pyridine rings is 1.